The van der Waals surface area contributed by atoms with Crippen molar-refractivity contribution in [3.8, 4) is 0 Å². The third-order valence-corrected chi connectivity index (χ3v) is 3.19. The highest BCUT2D eigenvalue weighted by molar-refractivity contribution is 5.67. The molecule has 1 atom stereocenters. The summed E-state index contributed by atoms with van der Waals surface area (Å²) in [6, 6.07) is 0.712. The first-order chi connectivity index (χ1) is 9.37. The fraction of sp³-hybridized carbons (Fsp3) is 0.929. The Balaban J connectivity index is 2.42. The highest BCUT2D eigenvalue weighted by Gasteiger charge is 2.33. The number of methoxy groups -OCH3 is 1. The predicted molar refractivity (Wildman–Crippen MR) is 78.7 cm³/mol. The molecule has 0 radical (unpaired) electrons. The van der Waals surface area contributed by atoms with Gasteiger partial charge in [0.1, 0.15) is 5.60 Å². The second-order valence-electron chi connectivity index (χ2n) is 6.23. The van der Waals surface area contributed by atoms with Crippen molar-refractivity contribution in [3.05, 3.63) is 0 Å². The second kappa shape index (κ2) is 7.81. The molecule has 1 rings (SSSR count). The molecule has 0 aromatic rings. The summed E-state index contributed by atoms with van der Waals surface area (Å²) in [5.74, 6) is 0. The van der Waals surface area contributed by atoms with Crippen LogP contribution >= 0.6 is 0 Å². The van der Waals surface area contributed by atoms with Crippen molar-refractivity contribution in [2.45, 2.75) is 51.3 Å². The Morgan fingerprint density at radius 3 is 2.55 bits per heavy atom. The number of alkyl carbamates (subject to hydrolysis) is 1. The van der Waals surface area contributed by atoms with Gasteiger partial charge in [-0.3, -0.25) is 4.90 Å². The van der Waals surface area contributed by atoms with E-state index in [0.29, 0.717) is 25.7 Å². The largest absolute Gasteiger partial charge is 0.444 e. The minimum atomic E-state index is -0.478. The summed E-state index contributed by atoms with van der Waals surface area (Å²) in [7, 11) is 1.70. The van der Waals surface area contributed by atoms with E-state index in [2.05, 4.69) is 10.2 Å². The Morgan fingerprint density at radius 1 is 1.45 bits per heavy atom. The number of hydrogen-bond acceptors (Lipinski definition) is 5. The number of nitrogens with zero attached hydrogens (tertiary/aromatic N) is 1. The molecule has 1 saturated carbocycles. The molecule has 1 fully saturated rings. The molecule has 1 aliphatic rings. The molecule has 0 spiro atoms. The molecule has 0 saturated heterocycles. The van der Waals surface area contributed by atoms with Crippen LogP contribution in [0.2, 0.25) is 0 Å². The van der Waals surface area contributed by atoms with Crippen LogP contribution in [0.25, 0.3) is 0 Å². The van der Waals surface area contributed by atoms with Crippen LogP contribution in [0.15, 0.2) is 0 Å². The van der Waals surface area contributed by atoms with Gasteiger partial charge in [-0.15, -0.1) is 0 Å². The van der Waals surface area contributed by atoms with Crippen LogP contribution in [0.5, 0.6) is 0 Å². The second-order valence-corrected chi connectivity index (χ2v) is 6.23. The Kier molecular flexibility index (Phi) is 6.71. The first-order valence-corrected chi connectivity index (χ1v) is 7.29. The lowest BCUT2D eigenvalue weighted by Gasteiger charge is -2.31. The van der Waals surface area contributed by atoms with Crippen LogP contribution in [0.1, 0.15) is 33.6 Å². The summed E-state index contributed by atoms with van der Waals surface area (Å²) in [6.45, 7) is 8.09. The normalized spacial score (nSPS) is 17.1. The number of carbonyl (C=O) groups is 1. The van der Waals surface area contributed by atoms with Crippen molar-refractivity contribution in [2.75, 3.05) is 33.4 Å². The van der Waals surface area contributed by atoms with Gasteiger partial charge in [-0.25, -0.2) is 4.79 Å². The lowest BCUT2D eigenvalue weighted by Crippen LogP contribution is -2.50. The molecular formula is C14H29N3O3. The summed E-state index contributed by atoms with van der Waals surface area (Å²) in [5.41, 5.74) is 5.37. The molecule has 0 aromatic heterocycles. The van der Waals surface area contributed by atoms with Gasteiger partial charge < -0.3 is 20.5 Å². The van der Waals surface area contributed by atoms with Crippen molar-refractivity contribution >= 4 is 6.09 Å². The van der Waals surface area contributed by atoms with Crippen molar-refractivity contribution in [1.29, 1.82) is 0 Å². The topological polar surface area (TPSA) is 76.8 Å². The van der Waals surface area contributed by atoms with E-state index in [1.165, 1.54) is 12.8 Å². The fourth-order valence-electron chi connectivity index (χ4n) is 2.12. The Bertz CT molecular complexity index is 301. The zero-order valence-electron chi connectivity index (χ0n) is 13.1. The van der Waals surface area contributed by atoms with Gasteiger partial charge in [0.15, 0.2) is 0 Å². The van der Waals surface area contributed by atoms with E-state index in [1.807, 2.05) is 20.8 Å². The Morgan fingerprint density at radius 2 is 2.10 bits per heavy atom. The zero-order chi connectivity index (χ0) is 15.2. The first-order valence-electron chi connectivity index (χ1n) is 7.29. The molecule has 6 nitrogen and oxygen atoms in total. The maximum atomic E-state index is 11.7. The summed E-state index contributed by atoms with van der Waals surface area (Å²) in [5, 5.41) is 2.81. The average molecular weight is 287 g/mol. The van der Waals surface area contributed by atoms with E-state index in [1.54, 1.807) is 7.11 Å². The number of amides is 1. The summed E-state index contributed by atoms with van der Waals surface area (Å²) >= 11 is 0. The van der Waals surface area contributed by atoms with Crippen LogP contribution in [-0.4, -0.2) is 62.0 Å². The van der Waals surface area contributed by atoms with Crippen LogP contribution in [0, 0.1) is 0 Å². The maximum Gasteiger partial charge on any atom is 0.407 e. The van der Waals surface area contributed by atoms with E-state index in [9.17, 15) is 4.79 Å². The summed E-state index contributed by atoms with van der Waals surface area (Å²) < 4.78 is 10.4. The highest BCUT2D eigenvalue weighted by Crippen LogP contribution is 2.28. The maximum absolute atomic E-state index is 11.7. The lowest BCUT2D eigenvalue weighted by atomic mass is 10.2. The van der Waals surface area contributed by atoms with Gasteiger partial charge in [-0.2, -0.15) is 0 Å². The van der Waals surface area contributed by atoms with Gasteiger partial charge in [0.05, 0.1) is 6.61 Å². The highest BCUT2D eigenvalue weighted by atomic mass is 16.6. The standard InChI is InChI=1S/C14H29N3O3/c1-14(2,3)20-13(18)16-10-12(9-15)17(7-8-19-4)11-5-6-11/h11-12H,5-10,15H2,1-4H3,(H,16,18). The monoisotopic (exact) mass is 287 g/mol. The van der Waals surface area contributed by atoms with Gasteiger partial charge in [0.25, 0.3) is 0 Å². The van der Waals surface area contributed by atoms with Crippen LogP contribution < -0.4 is 11.1 Å². The van der Waals surface area contributed by atoms with E-state index in [4.69, 9.17) is 15.2 Å². The quantitative estimate of drug-likeness (QED) is 0.695. The summed E-state index contributed by atoms with van der Waals surface area (Å²) in [4.78, 5) is 14.0. The third kappa shape index (κ3) is 6.54. The fourth-order valence-corrected chi connectivity index (χ4v) is 2.12. The van der Waals surface area contributed by atoms with E-state index in [0.717, 1.165) is 6.54 Å². The molecule has 20 heavy (non-hydrogen) atoms. The van der Waals surface area contributed by atoms with Crippen LogP contribution in [0.3, 0.4) is 0 Å². The number of hydrogen-bond donors (Lipinski definition) is 2. The van der Waals surface area contributed by atoms with Gasteiger partial charge in [0, 0.05) is 38.8 Å². The smallest absolute Gasteiger partial charge is 0.407 e. The molecule has 0 aromatic carbocycles. The van der Waals surface area contributed by atoms with Gasteiger partial charge in [0.2, 0.25) is 0 Å². The van der Waals surface area contributed by atoms with Crippen molar-refractivity contribution in [1.82, 2.24) is 10.2 Å². The van der Waals surface area contributed by atoms with Crippen molar-refractivity contribution in [3.63, 3.8) is 0 Å². The van der Waals surface area contributed by atoms with Gasteiger partial charge in [-0.1, -0.05) is 0 Å². The SMILES string of the molecule is COCCN(C1CC1)C(CN)CNC(=O)OC(C)(C)C. The molecule has 0 heterocycles. The number of rotatable bonds is 8. The molecule has 1 unspecified atom stereocenters. The molecule has 0 aliphatic heterocycles. The number of nitrogens with one attached hydrogen (secondary N) is 1. The zero-order valence-corrected chi connectivity index (χ0v) is 13.1. The Hall–Kier alpha value is -0.850. The van der Waals surface area contributed by atoms with E-state index < -0.39 is 11.7 Å². The van der Waals surface area contributed by atoms with Crippen molar-refractivity contribution < 1.29 is 14.3 Å². The van der Waals surface area contributed by atoms with Gasteiger partial charge >= 0.3 is 6.09 Å². The number of nitrogens with two attached hydrogens (primary N) is 1. The molecule has 0 bridgehead atoms. The number of ether oxygens (including phenoxy) is 2. The van der Waals surface area contributed by atoms with E-state index in [-0.39, 0.29) is 6.04 Å². The predicted octanol–water partition coefficient (Wildman–Crippen LogP) is 0.949. The molecule has 1 aliphatic carbocycles. The minimum absolute atomic E-state index is 0.130. The average Bonchev–Trinajstić information content (AvgIpc) is 3.15. The molecule has 3 N–H and O–H groups in total. The van der Waals surface area contributed by atoms with Gasteiger partial charge in [-0.05, 0) is 33.6 Å². The minimum Gasteiger partial charge on any atom is -0.444 e. The Labute approximate surface area is 122 Å². The van der Waals surface area contributed by atoms with Crippen LogP contribution in [0.4, 0.5) is 4.79 Å². The third-order valence-electron chi connectivity index (χ3n) is 3.19. The lowest BCUT2D eigenvalue weighted by molar-refractivity contribution is 0.0498. The summed E-state index contributed by atoms with van der Waals surface area (Å²) in [6.07, 6.45) is 2.01. The number of carbonyl (C=O) groups excluding carboxylic acids is 1. The van der Waals surface area contributed by atoms with Crippen molar-refractivity contribution in [2.24, 2.45) is 5.73 Å². The molecular weight excluding hydrogens is 258 g/mol. The van der Waals surface area contributed by atoms with Crippen LogP contribution in [-0.2, 0) is 9.47 Å². The van der Waals surface area contributed by atoms with E-state index >= 15 is 0 Å². The molecule has 6 heteroatoms. The molecule has 118 valence electrons. The first kappa shape index (κ1) is 17.2. The molecule has 1 amide bonds.